The molecule has 24 rings (SSSR count). The van der Waals surface area contributed by atoms with Crippen molar-refractivity contribution in [3.63, 3.8) is 0 Å². The van der Waals surface area contributed by atoms with Gasteiger partial charge in [0.15, 0.2) is 0 Å². The normalized spacial score (nSPS) is 11.6. The van der Waals surface area contributed by atoms with Gasteiger partial charge in [-0.05, 0) is 234 Å². The van der Waals surface area contributed by atoms with Crippen LogP contribution in [-0.2, 0) is 0 Å². The van der Waals surface area contributed by atoms with Crippen LogP contribution in [0.1, 0.15) is 0 Å². The summed E-state index contributed by atoms with van der Waals surface area (Å²) in [7, 11) is 0. The predicted molar refractivity (Wildman–Crippen MR) is 551 cm³/mol. The van der Waals surface area contributed by atoms with Gasteiger partial charge in [0.1, 0.15) is 0 Å². The molecular formula is C124H80N2S2. The van der Waals surface area contributed by atoms with Crippen LogP contribution in [0.25, 0.3) is 206 Å². The standard InChI is InChI=1S/C124H80N2S2/c1-5-27-84(28-6-1)99-37-15-17-41-111(99)122-104(86-31-9-3-10-32-86)44-25-50-117(122)125(95-66-55-81(56-67-95)89-61-72-102-92(77-89)54-53-88-35-13-14-36-98(88)102)96-68-57-83(58-69-96)91-63-75-110-115-79-94(65-76-120(115)127-121(110)80-91)101-43-23-46-106-103-73-62-90(78-93(103)64-74-107(101)106)82-59-70-97(71-60-82)126(116-49-21-19-39-108(116)113-47-24-48-114-109-40-20-22-52-119(109)128-124(113)114)118-51-26-45-105(87-33-11-4-12-34-87)123(118)112-42-18-16-38-100(112)85-29-7-2-8-30-85/h1-80H. The fourth-order valence-corrected chi connectivity index (χ4v) is 22.2. The van der Waals surface area contributed by atoms with Gasteiger partial charge in [-0.3, -0.25) is 0 Å². The molecule has 22 aromatic carbocycles. The zero-order valence-electron chi connectivity index (χ0n) is 69.9. The molecule has 0 spiro atoms. The maximum atomic E-state index is 2.52. The molecule has 128 heavy (non-hydrogen) atoms. The molecule has 4 heteroatoms. The minimum Gasteiger partial charge on any atom is -0.310 e. The van der Waals surface area contributed by atoms with Gasteiger partial charge >= 0.3 is 0 Å². The lowest BCUT2D eigenvalue weighted by Gasteiger charge is -2.31. The van der Waals surface area contributed by atoms with Crippen LogP contribution < -0.4 is 9.80 Å². The minimum absolute atomic E-state index is 1.06. The highest BCUT2D eigenvalue weighted by Crippen LogP contribution is 2.54. The van der Waals surface area contributed by atoms with Crippen molar-refractivity contribution in [3.8, 4) is 122 Å². The summed E-state index contributed by atoms with van der Waals surface area (Å²) in [5.41, 5.74) is 32.2. The van der Waals surface area contributed by atoms with E-state index in [1.54, 1.807) is 0 Å². The van der Waals surface area contributed by atoms with Gasteiger partial charge in [-0.15, -0.1) is 22.7 Å². The van der Waals surface area contributed by atoms with Crippen molar-refractivity contribution >= 4 is 140 Å². The SMILES string of the molecule is c1ccc(-c2ccccc2-c2c(-c3ccccc3)cccc2N(c2ccc(-c3ccc4c(ccc5ccccc54)c3)cc2)c2ccc(-c3ccc4c(c3)sc3ccc(-c5cccc6c5ccc5cc(-c7ccc(N(c8ccccc8-c8cccc9c8sc8ccccc89)c8cccc(-c9ccccc9)c8-c8ccccc8-c8ccccc8)cc7)ccc56)cc34)cc2)cc1. The summed E-state index contributed by atoms with van der Waals surface area (Å²) in [5.74, 6) is 0. The first-order valence-electron chi connectivity index (χ1n) is 43.9. The molecule has 0 radical (unpaired) electrons. The molecule has 0 bridgehead atoms. The Bertz CT molecular complexity index is 8400. The lowest BCUT2D eigenvalue weighted by Crippen LogP contribution is -2.13. The molecule has 0 aliphatic heterocycles. The van der Waals surface area contributed by atoms with Gasteiger partial charge in [0.2, 0.25) is 0 Å². The third kappa shape index (κ3) is 13.5. The zero-order chi connectivity index (χ0) is 84.5. The van der Waals surface area contributed by atoms with Crippen LogP contribution in [0.5, 0.6) is 0 Å². The van der Waals surface area contributed by atoms with Gasteiger partial charge < -0.3 is 9.80 Å². The molecule has 24 aromatic rings. The van der Waals surface area contributed by atoms with Crippen LogP contribution in [0.4, 0.5) is 34.1 Å². The summed E-state index contributed by atoms with van der Waals surface area (Å²) in [4.78, 5) is 4.98. The van der Waals surface area contributed by atoms with E-state index >= 15 is 0 Å². The quantitative estimate of drug-likeness (QED) is 0.0839. The number of hydrogen-bond acceptors (Lipinski definition) is 4. The molecule has 0 saturated heterocycles. The topological polar surface area (TPSA) is 6.48 Å². The highest BCUT2D eigenvalue weighted by Gasteiger charge is 2.28. The van der Waals surface area contributed by atoms with E-state index in [0.29, 0.717) is 0 Å². The number of rotatable bonds is 17. The number of fused-ring (bicyclic) bond motifs is 12. The molecule has 2 aromatic heterocycles. The van der Waals surface area contributed by atoms with Crippen LogP contribution >= 0.6 is 22.7 Å². The first kappa shape index (κ1) is 75.6. The van der Waals surface area contributed by atoms with Crippen LogP contribution in [0.15, 0.2) is 485 Å². The van der Waals surface area contributed by atoms with Gasteiger partial charge in [0.05, 0.1) is 17.1 Å². The van der Waals surface area contributed by atoms with E-state index in [-0.39, 0.29) is 0 Å². The van der Waals surface area contributed by atoms with Crippen molar-refractivity contribution in [1.29, 1.82) is 0 Å². The van der Waals surface area contributed by atoms with E-state index in [2.05, 4.69) is 495 Å². The molecule has 2 nitrogen and oxygen atoms in total. The molecule has 0 aliphatic carbocycles. The second-order valence-electron chi connectivity index (χ2n) is 33.2. The first-order chi connectivity index (χ1) is 63.5. The number of thiophene rings is 2. The molecule has 0 atom stereocenters. The van der Waals surface area contributed by atoms with E-state index in [1.165, 1.54) is 134 Å². The van der Waals surface area contributed by atoms with Crippen molar-refractivity contribution in [2.45, 2.75) is 0 Å². The Labute approximate surface area is 752 Å². The van der Waals surface area contributed by atoms with E-state index < -0.39 is 0 Å². The van der Waals surface area contributed by atoms with Gasteiger partial charge in [-0.1, -0.05) is 394 Å². The van der Waals surface area contributed by atoms with Crippen LogP contribution in [0.2, 0.25) is 0 Å². The fourth-order valence-electron chi connectivity index (χ4n) is 19.8. The summed E-state index contributed by atoms with van der Waals surface area (Å²) in [6.45, 7) is 0. The predicted octanol–water partition coefficient (Wildman–Crippen LogP) is 36.3. The molecule has 0 N–H and O–H groups in total. The van der Waals surface area contributed by atoms with Crippen LogP contribution in [0.3, 0.4) is 0 Å². The average Bonchev–Trinajstić information content (AvgIpc) is 1.69. The highest BCUT2D eigenvalue weighted by atomic mass is 32.1. The molecular weight excluding hydrogens is 1580 g/mol. The third-order valence-corrected chi connectivity index (χ3v) is 28.3. The summed E-state index contributed by atoms with van der Waals surface area (Å²) in [6, 6.07) is 180. The maximum absolute atomic E-state index is 2.52. The molecule has 0 fully saturated rings. The first-order valence-corrected chi connectivity index (χ1v) is 45.5. The third-order valence-electron chi connectivity index (χ3n) is 25.9. The second kappa shape index (κ2) is 32.2. The lowest BCUT2D eigenvalue weighted by molar-refractivity contribution is 1.28. The Morgan fingerprint density at radius 2 is 0.500 bits per heavy atom. The van der Waals surface area contributed by atoms with Crippen LogP contribution in [0, 0.1) is 0 Å². The van der Waals surface area contributed by atoms with Gasteiger partial charge in [0, 0.05) is 79.7 Å². The molecule has 2 heterocycles. The van der Waals surface area contributed by atoms with Crippen molar-refractivity contribution in [2.24, 2.45) is 0 Å². The smallest absolute Gasteiger partial charge is 0.0546 e. The summed E-state index contributed by atoms with van der Waals surface area (Å²) < 4.78 is 5.09. The number of nitrogens with zero attached hydrogens (tertiary/aromatic N) is 2. The minimum atomic E-state index is 1.06. The van der Waals surface area contributed by atoms with Crippen LogP contribution in [-0.4, -0.2) is 0 Å². The number of para-hydroxylation sites is 1. The van der Waals surface area contributed by atoms with E-state index in [9.17, 15) is 0 Å². The molecule has 598 valence electrons. The summed E-state index contributed by atoms with van der Waals surface area (Å²) in [6.07, 6.45) is 0. The number of anilines is 6. The molecule has 0 unspecified atom stereocenters. The Balaban J connectivity index is 0.563. The summed E-state index contributed by atoms with van der Waals surface area (Å²) >= 11 is 3.74. The Morgan fingerprint density at radius 3 is 1.09 bits per heavy atom. The number of benzene rings is 22. The van der Waals surface area contributed by atoms with Gasteiger partial charge in [-0.25, -0.2) is 0 Å². The van der Waals surface area contributed by atoms with Crippen molar-refractivity contribution in [3.05, 3.63) is 485 Å². The number of hydrogen-bond donors (Lipinski definition) is 0. The average molecular weight is 1660 g/mol. The molecule has 0 saturated carbocycles. The largest absolute Gasteiger partial charge is 0.310 e. The molecule has 0 amide bonds. The van der Waals surface area contributed by atoms with E-state index in [0.717, 1.165) is 106 Å². The lowest BCUT2D eigenvalue weighted by atomic mass is 9.87. The second-order valence-corrected chi connectivity index (χ2v) is 35.3. The van der Waals surface area contributed by atoms with Crippen molar-refractivity contribution in [2.75, 3.05) is 9.80 Å². The van der Waals surface area contributed by atoms with Crippen molar-refractivity contribution < 1.29 is 0 Å². The van der Waals surface area contributed by atoms with Crippen molar-refractivity contribution in [1.82, 2.24) is 0 Å². The zero-order valence-corrected chi connectivity index (χ0v) is 71.5. The summed E-state index contributed by atoms with van der Waals surface area (Å²) in [5, 5.41) is 15.0. The van der Waals surface area contributed by atoms with Gasteiger partial charge in [-0.2, -0.15) is 0 Å². The van der Waals surface area contributed by atoms with Gasteiger partial charge in [0.25, 0.3) is 0 Å². The maximum Gasteiger partial charge on any atom is 0.0546 e. The fraction of sp³-hybridized carbons (Fsp3) is 0. The Hall–Kier alpha value is -16.1. The Kier molecular flexibility index (Phi) is 19.0. The van der Waals surface area contributed by atoms with E-state index in [1.807, 2.05) is 22.7 Å². The molecule has 0 aliphatic rings. The highest BCUT2D eigenvalue weighted by molar-refractivity contribution is 7.26. The monoisotopic (exact) mass is 1660 g/mol. The van der Waals surface area contributed by atoms with E-state index in [4.69, 9.17) is 0 Å². The Morgan fingerprint density at radius 1 is 0.141 bits per heavy atom.